The van der Waals surface area contributed by atoms with Crippen LogP contribution in [-0.2, 0) is 16.1 Å². The maximum Gasteiger partial charge on any atom is 0.410 e. The van der Waals surface area contributed by atoms with Crippen LogP contribution < -0.4 is 0 Å². The Morgan fingerprint density at radius 1 is 1.53 bits per heavy atom. The molecular weight excluding hydrogens is 250 g/mol. The number of carbonyl (C=O) groups is 2. The van der Waals surface area contributed by atoms with Crippen molar-refractivity contribution >= 4 is 12.4 Å². The number of amides is 1. The van der Waals surface area contributed by atoms with E-state index in [1.807, 2.05) is 0 Å². The molecule has 1 heterocycles. The van der Waals surface area contributed by atoms with Gasteiger partial charge in [0.2, 0.25) is 0 Å². The maximum atomic E-state index is 11.8. The predicted octanol–water partition coefficient (Wildman–Crippen LogP) is 0.498. The van der Waals surface area contributed by atoms with Crippen molar-refractivity contribution in [3.05, 3.63) is 6.33 Å². The summed E-state index contributed by atoms with van der Waals surface area (Å²) in [6.07, 6.45) is 2.06. The van der Waals surface area contributed by atoms with Gasteiger partial charge in [-0.25, -0.2) is 9.48 Å². The van der Waals surface area contributed by atoms with Crippen molar-refractivity contribution in [2.45, 2.75) is 45.4 Å². The fraction of sp³-hybridized carbons (Fsp3) is 0.727. The largest absolute Gasteiger partial charge is 0.444 e. The highest BCUT2D eigenvalue weighted by Gasteiger charge is 2.24. The van der Waals surface area contributed by atoms with E-state index in [2.05, 4.69) is 15.5 Å². The summed E-state index contributed by atoms with van der Waals surface area (Å²) in [5, 5.41) is 10.7. The molecule has 1 atom stereocenters. The molecule has 1 rings (SSSR count). The zero-order valence-electron chi connectivity index (χ0n) is 11.6. The van der Waals surface area contributed by atoms with Gasteiger partial charge < -0.3 is 14.4 Å². The van der Waals surface area contributed by atoms with Crippen LogP contribution in [0.25, 0.3) is 0 Å². The molecule has 0 bridgehead atoms. The lowest BCUT2D eigenvalue weighted by Gasteiger charge is -2.27. The third kappa shape index (κ3) is 5.02. The monoisotopic (exact) mass is 269 g/mol. The molecule has 0 aliphatic carbocycles. The van der Waals surface area contributed by atoms with Crippen LogP contribution in [0, 0.1) is 0 Å². The van der Waals surface area contributed by atoms with Gasteiger partial charge in [-0.05, 0) is 37.6 Å². The van der Waals surface area contributed by atoms with Crippen LogP contribution in [0.3, 0.4) is 0 Å². The summed E-state index contributed by atoms with van der Waals surface area (Å²) in [7, 11) is 1.53. The number of aldehydes is 1. The fourth-order valence-electron chi connectivity index (χ4n) is 1.37. The molecule has 0 aliphatic heterocycles. The van der Waals surface area contributed by atoms with Gasteiger partial charge in [0.05, 0.1) is 6.04 Å². The first kappa shape index (κ1) is 15.1. The summed E-state index contributed by atoms with van der Waals surface area (Å²) in [6, 6.07) is -0.570. The van der Waals surface area contributed by atoms with Crippen LogP contribution in [0.1, 0.15) is 27.2 Å². The van der Waals surface area contributed by atoms with Crippen molar-refractivity contribution in [2.75, 3.05) is 7.05 Å². The minimum Gasteiger partial charge on any atom is -0.444 e. The van der Waals surface area contributed by atoms with Gasteiger partial charge in [0.25, 0.3) is 0 Å². The maximum absolute atomic E-state index is 11.8. The Balaban J connectivity index is 2.53. The SMILES string of the molecule is CN(C(=O)OC(C)(C)C)C(C=O)CCn1cnnn1. The number of hydrogen-bond acceptors (Lipinski definition) is 6. The first-order chi connectivity index (χ1) is 8.83. The molecule has 8 nitrogen and oxygen atoms in total. The molecule has 0 fully saturated rings. The molecule has 1 aromatic heterocycles. The number of aryl methyl sites for hydroxylation is 1. The van der Waals surface area contributed by atoms with Crippen LogP contribution >= 0.6 is 0 Å². The Bertz CT molecular complexity index is 412. The Kier molecular flexibility index (Phi) is 4.96. The standard InChI is InChI=1S/C11H19N5O3/c1-11(2,3)19-10(18)15(4)9(7-17)5-6-16-8-12-13-14-16/h7-9H,5-6H2,1-4H3. The highest BCUT2D eigenvalue weighted by atomic mass is 16.6. The lowest BCUT2D eigenvalue weighted by Crippen LogP contribution is -2.42. The quantitative estimate of drug-likeness (QED) is 0.723. The second-order valence-electron chi connectivity index (χ2n) is 5.16. The van der Waals surface area contributed by atoms with E-state index in [9.17, 15) is 9.59 Å². The topological polar surface area (TPSA) is 90.2 Å². The fourth-order valence-corrected chi connectivity index (χ4v) is 1.37. The van der Waals surface area contributed by atoms with E-state index in [1.165, 1.54) is 23.0 Å². The van der Waals surface area contributed by atoms with E-state index in [-0.39, 0.29) is 0 Å². The molecule has 0 radical (unpaired) electrons. The van der Waals surface area contributed by atoms with Gasteiger partial charge in [-0.15, -0.1) is 5.10 Å². The van der Waals surface area contributed by atoms with E-state index in [1.54, 1.807) is 20.8 Å². The highest BCUT2D eigenvalue weighted by Crippen LogP contribution is 2.11. The van der Waals surface area contributed by atoms with Crippen LogP contribution in [0.4, 0.5) is 4.79 Å². The molecule has 0 saturated heterocycles. The molecule has 8 heteroatoms. The zero-order valence-corrected chi connectivity index (χ0v) is 11.6. The molecule has 0 saturated carbocycles. The first-order valence-electron chi connectivity index (χ1n) is 5.95. The molecule has 0 spiro atoms. The normalized spacial score (nSPS) is 12.8. The van der Waals surface area contributed by atoms with Crippen molar-refractivity contribution in [2.24, 2.45) is 0 Å². The summed E-state index contributed by atoms with van der Waals surface area (Å²) in [4.78, 5) is 24.2. The number of likely N-dealkylation sites (N-methyl/N-ethyl adjacent to an activating group) is 1. The molecule has 0 N–H and O–H groups in total. The van der Waals surface area contributed by atoms with Gasteiger partial charge in [-0.2, -0.15) is 0 Å². The molecule has 0 aromatic carbocycles. The zero-order chi connectivity index (χ0) is 14.5. The number of carbonyl (C=O) groups excluding carboxylic acids is 2. The van der Waals surface area contributed by atoms with Gasteiger partial charge in [0.1, 0.15) is 18.2 Å². The van der Waals surface area contributed by atoms with Crippen LogP contribution in [0.2, 0.25) is 0 Å². The number of aromatic nitrogens is 4. The van der Waals surface area contributed by atoms with Crippen molar-refractivity contribution in [1.29, 1.82) is 0 Å². The molecule has 1 amide bonds. The molecule has 1 unspecified atom stereocenters. The summed E-state index contributed by atoms with van der Waals surface area (Å²) in [5.74, 6) is 0. The highest BCUT2D eigenvalue weighted by molar-refractivity contribution is 5.73. The second-order valence-corrected chi connectivity index (χ2v) is 5.16. The summed E-state index contributed by atoms with van der Waals surface area (Å²) >= 11 is 0. The third-order valence-corrected chi connectivity index (χ3v) is 2.38. The molecule has 19 heavy (non-hydrogen) atoms. The number of ether oxygens (including phenoxy) is 1. The van der Waals surface area contributed by atoms with Gasteiger partial charge in [-0.3, -0.25) is 0 Å². The van der Waals surface area contributed by atoms with E-state index in [4.69, 9.17) is 4.74 Å². The Hall–Kier alpha value is -1.99. The Morgan fingerprint density at radius 3 is 2.68 bits per heavy atom. The van der Waals surface area contributed by atoms with Crippen LogP contribution in [0.15, 0.2) is 6.33 Å². The van der Waals surface area contributed by atoms with Gasteiger partial charge in [-0.1, -0.05) is 0 Å². The first-order valence-corrected chi connectivity index (χ1v) is 5.95. The molecule has 106 valence electrons. The van der Waals surface area contributed by atoms with Gasteiger partial charge in [0.15, 0.2) is 0 Å². The summed E-state index contributed by atoms with van der Waals surface area (Å²) < 4.78 is 6.70. The molecule has 1 aromatic rings. The average Bonchev–Trinajstić information content (AvgIpc) is 2.80. The Morgan fingerprint density at radius 2 is 2.21 bits per heavy atom. The van der Waals surface area contributed by atoms with E-state index in [0.717, 1.165) is 0 Å². The summed E-state index contributed by atoms with van der Waals surface area (Å²) in [6.45, 7) is 5.77. The van der Waals surface area contributed by atoms with Crippen molar-refractivity contribution in [3.63, 3.8) is 0 Å². The number of tetrazole rings is 1. The van der Waals surface area contributed by atoms with Crippen molar-refractivity contribution in [1.82, 2.24) is 25.1 Å². The Labute approximate surface area is 111 Å². The number of hydrogen-bond donors (Lipinski definition) is 0. The van der Waals surface area contributed by atoms with Crippen LogP contribution in [0.5, 0.6) is 0 Å². The smallest absolute Gasteiger partial charge is 0.410 e. The summed E-state index contributed by atoms with van der Waals surface area (Å²) in [5.41, 5.74) is -0.589. The van der Waals surface area contributed by atoms with Gasteiger partial charge >= 0.3 is 6.09 Å². The minimum absolute atomic E-state index is 0.421. The second kappa shape index (κ2) is 6.26. The number of rotatable bonds is 5. The van der Waals surface area contributed by atoms with Crippen LogP contribution in [-0.4, -0.2) is 56.2 Å². The third-order valence-electron chi connectivity index (χ3n) is 2.38. The average molecular weight is 269 g/mol. The number of nitrogens with zero attached hydrogens (tertiary/aromatic N) is 5. The minimum atomic E-state index is -0.589. The van der Waals surface area contributed by atoms with Crippen molar-refractivity contribution in [3.8, 4) is 0 Å². The predicted molar refractivity (Wildman–Crippen MR) is 66.3 cm³/mol. The van der Waals surface area contributed by atoms with Crippen molar-refractivity contribution < 1.29 is 14.3 Å². The van der Waals surface area contributed by atoms with Gasteiger partial charge in [0, 0.05) is 13.6 Å². The van der Waals surface area contributed by atoms with E-state index < -0.39 is 17.7 Å². The molecular formula is C11H19N5O3. The lowest BCUT2D eigenvalue weighted by molar-refractivity contribution is -0.112. The molecule has 0 aliphatic rings. The van der Waals surface area contributed by atoms with E-state index in [0.29, 0.717) is 19.3 Å². The lowest BCUT2D eigenvalue weighted by atomic mass is 10.2. The van der Waals surface area contributed by atoms with E-state index >= 15 is 0 Å².